The van der Waals surface area contributed by atoms with Crippen molar-refractivity contribution in [1.82, 2.24) is 15.1 Å². The number of nitrogens with one attached hydrogen (secondary N) is 1. The van der Waals surface area contributed by atoms with Crippen LogP contribution in [0.4, 0.5) is 0 Å². The molecule has 0 aliphatic rings. The van der Waals surface area contributed by atoms with E-state index in [0.717, 1.165) is 29.7 Å². The highest BCUT2D eigenvalue weighted by molar-refractivity contribution is 9.10. The van der Waals surface area contributed by atoms with Gasteiger partial charge in [-0.25, -0.2) is 0 Å². The molecule has 1 atom stereocenters. The van der Waals surface area contributed by atoms with E-state index in [1.165, 1.54) is 11.1 Å². The minimum absolute atomic E-state index is 0.0519. The van der Waals surface area contributed by atoms with Gasteiger partial charge in [0.15, 0.2) is 0 Å². The third kappa shape index (κ3) is 3.87. The molecule has 1 aromatic heterocycles. The van der Waals surface area contributed by atoms with Crippen LogP contribution in [0.15, 0.2) is 28.9 Å². The number of benzene rings is 1. The fraction of sp³-hybridized carbons (Fsp3) is 0.438. The van der Waals surface area contributed by atoms with Crippen LogP contribution in [0.5, 0.6) is 0 Å². The summed E-state index contributed by atoms with van der Waals surface area (Å²) in [6, 6.07) is 6.50. The third-order valence-corrected chi connectivity index (χ3v) is 4.15. The number of rotatable bonds is 6. The maximum atomic E-state index is 6.39. The van der Waals surface area contributed by atoms with E-state index in [1.807, 2.05) is 4.68 Å². The largest absolute Gasteiger partial charge is 0.305 e. The number of nitrogens with zero attached hydrogens (tertiary/aromatic N) is 2. The monoisotopic (exact) mass is 369 g/mol. The van der Waals surface area contributed by atoms with Gasteiger partial charge >= 0.3 is 0 Å². The molecule has 0 saturated heterocycles. The van der Waals surface area contributed by atoms with E-state index >= 15 is 0 Å². The Hall–Kier alpha value is -0.840. The zero-order valence-corrected chi connectivity index (χ0v) is 15.0. The van der Waals surface area contributed by atoms with Gasteiger partial charge in [0, 0.05) is 11.0 Å². The van der Waals surface area contributed by atoms with Gasteiger partial charge in [0.1, 0.15) is 0 Å². The van der Waals surface area contributed by atoms with Crippen LogP contribution in [0.25, 0.3) is 0 Å². The van der Waals surface area contributed by atoms with E-state index in [9.17, 15) is 0 Å². The minimum atomic E-state index is 0.0519. The van der Waals surface area contributed by atoms with Gasteiger partial charge < -0.3 is 5.32 Å². The van der Waals surface area contributed by atoms with Gasteiger partial charge in [0.25, 0.3) is 0 Å². The van der Waals surface area contributed by atoms with Crippen molar-refractivity contribution < 1.29 is 0 Å². The van der Waals surface area contributed by atoms with Gasteiger partial charge in [-0.3, -0.25) is 4.68 Å². The Morgan fingerprint density at radius 2 is 2.10 bits per heavy atom. The molecular weight excluding hydrogens is 350 g/mol. The van der Waals surface area contributed by atoms with Crippen LogP contribution >= 0.6 is 27.5 Å². The molecule has 114 valence electrons. The Balaban J connectivity index is 2.49. The Morgan fingerprint density at radius 1 is 1.33 bits per heavy atom. The fourth-order valence-corrected chi connectivity index (χ4v) is 3.38. The first kappa shape index (κ1) is 16.5. The lowest BCUT2D eigenvalue weighted by atomic mass is 10.0. The Morgan fingerprint density at radius 3 is 2.71 bits per heavy atom. The zero-order chi connectivity index (χ0) is 15.4. The third-order valence-electron chi connectivity index (χ3n) is 3.40. The second kappa shape index (κ2) is 7.43. The summed E-state index contributed by atoms with van der Waals surface area (Å²) in [4.78, 5) is 0. The number of halogens is 2. The smallest absolute Gasteiger partial charge is 0.0837 e. The molecule has 1 aromatic carbocycles. The summed E-state index contributed by atoms with van der Waals surface area (Å²) in [5.41, 5.74) is 3.46. The SMILES string of the molecule is CCCNC(c1cc(C)cc(Br)c1)c1c(Cl)cnn1CC. The van der Waals surface area contributed by atoms with Crippen molar-refractivity contribution in [1.29, 1.82) is 0 Å². The number of hydrogen-bond donors (Lipinski definition) is 1. The van der Waals surface area contributed by atoms with Gasteiger partial charge in [-0.1, -0.05) is 40.5 Å². The average molecular weight is 371 g/mol. The second-order valence-corrected chi connectivity index (χ2v) is 6.47. The molecule has 2 aromatic rings. The number of hydrogen-bond acceptors (Lipinski definition) is 2. The molecule has 0 radical (unpaired) electrons. The maximum absolute atomic E-state index is 6.39. The standard InChI is InChI=1S/C16H21BrClN3/c1-4-6-19-15(12-7-11(3)8-13(17)9-12)16-14(18)10-20-21(16)5-2/h7-10,15,19H,4-6H2,1-3H3. The predicted octanol–water partition coefficient (Wildman–Crippen LogP) is 4.72. The van der Waals surface area contributed by atoms with E-state index in [0.29, 0.717) is 5.02 Å². The molecule has 2 rings (SSSR count). The van der Waals surface area contributed by atoms with Crippen molar-refractivity contribution in [3.05, 3.63) is 50.7 Å². The van der Waals surface area contributed by atoms with Gasteiger partial charge in [-0.2, -0.15) is 5.10 Å². The van der Waals surface area contributed by atoms with Crippen molar-refractivity contribution in [3.63, 3.8) is 0 Å². The van der Waals surface area contributed by atoms with Crippen LogP contribution in [0.3, 0.4) is 0 Å². The molecule has 1 unspecified atom stereocenters. The summed E-state index contributed by atoms with van der Waals surface area (Å²) in [5.74, 6) is 0. The molecule has 0 bridgehead atoms. The van der Waals surface area contributed by atoms with Crippen molar-refractivity contribution in [3.8, 4) is 0 Å². The highest BCUT2D eigenvalue weighted by atomic mass is 79.9. The Labute approximate surface area is 139 Å². The molecule has 1 heterocycles. The first-order chi connectivity index (χ1) is 10.1. The van der Waals surface area contributed by atoms with Gasteiger partial charge in [0.05, 0.1) is 23.0 Å². The number of aromatic nitrogens is 2. The van der Waals surface area contributed by atoms with E-state index in [1.54, 1.807) is 6.20 Å². The van der Waals surface area contributed by atoms with Crippen LogP contribution in [0, 0.1) is 6.92 Å². The predicted molar refractivity (Wildman–Crippen MR) is 91.9 cm³/mol. The van der Waals surface area contributed by atoms with Crippen LogP contribution < -0.4 is 5.32 Å². The zero-order valence-electron chi connectivity index (χ0n) is 12.7. The summed E-state index contributed by atoms with van der Waals surface area (Å²) >= 11 is 9.98. The first-order valence-corrected chi connectivity index (χ1v) is 8.45. The quantitative estimate of drug-likeness (QED) is 0.797. The maximum Gasteiger partial charge on any atom is 0.0837 e. The molecule has 0 aliphatic heterocycles. The summed E-state index contributed by atoms with van der Waals surface area (Å²) < 4.78 is 3.05. The van der Waals surface area contributed by atoms with Crippen molar-refractivity contribution in [2.75, 3.05) is 6.54 Å². The van der Waals surface area contributed by atoms with E-state index in [2.05, 4.69) is 65.3 Å². The van der Waals surface area contributed by atoms with E-state index in [4.69, 9.17) is 11.6 Å². The summed E-state index contributed by atoms with van der Waals surface area (Å²) in [7, 11) is 0. The number of aryl methyl sites for hydroxylation is 2. The summed E-state index contributed by atoms with van der Waals surface area (Å²) in [6.07, 6.45) is 2.80. The van der Waals surface area contributed by atoms with Gasteiger partial charge in [-0.05, 0) is 50.1 Å². The molecule has 0 spiro atoms. The summed E-state index contributed by atoms with van der Waals surface area (Å²) in [6.45, 7) is 8.08. The lowest BCUT2D eigenvalue weighted by Crippen LogP contribution is -2.26. The lowest BCUT2D eigenvalue weighted by Gasteiger charge is -2.21. The van der Waals surface area contributed by atoms with Gasteiger partial charge in [0.2, 0.25) is 0 Å². The van der Waals surface area contributed by atoms with Gasteiger partial charge in [-0.15, -0.1) is 0 Å². The van der Waals surface area contributed by atoms with E-state index < -0.39 is 0 Å². The first-order valence-electron chi connectivity index (χ1n) is 7.28. The highest BCUT2D eigenvalue weighted by Crippen LogP contribution is 2.30. The molecule has 3 nitrogen and oxygen atoms in total. The molecule has 0 amide bonds. The van der Waals surface area contributed by atoms with Crippen LogP contribution in [-0.4, -0.2) is 16.3 Å². The van der Waals surface area contributed by atoms with Crippen LogP contribution in [-0.2, 0) is 6.54 Å². The normalized spacial score (nSPS) is 12.6. The van der Waals surface area contributed by atoms with Crippen molar-refractivity contribution in [2.24, 2.45) is 0 Å². The lowest BCUT2D eigenvalue weighted by molar-refractivity contribution is 0.529. The Kier molecular flexibility index (Phi) is 5.85. The van der Waals surface area contributed by atoms with Crippen LogP contribution in [0.1, 0.15) is 43.1 Å². The molecule has 0 aliphatic carbocycles. The molecule has 0 fully saturated rings. The fourth-order valence-electron chi connectivity index (χ4n) is 2.50. The summed E-state index contributed by atoms with van der Waals surface area (Å²) in [5, 5.41) is 8.67. The highest BCUT2D eigenvalue weighted by Gasteiger charge is 2.21. The second-order valence-electron chi connectivity index (χ2n) is 5.14. The molecule has 1 N–H and O–H groups in total. The van der Waals surface area contributed by atoms with Crippen molar-refractivity contribution >= 4 is 27.5 Å². The molecule has 5 heteroatoms. The van der Waals surface area contributed by atoms with Crippen LogP contribution in [0.2, 0.25) is 5.02 Å². The average Bonchev–Trinajstić information content (AvgIpc) is 2.80. The van der Waals surface area contributed by atoms with E-state index in [-0.39, 0.29) is 6.04 Å². The topological polar surface area (TPSA) is 29.9 Å². The molecular formula is C16H21BrClN3. The van der Waals surface area contributed by atoms with Crippen molar-refractivity contribution in [2.45, 2.75) is 39.8 Å². The molecule has 21 heavy (non-hydrogen) atoms. The molecule has 0 saturated carbocycles. The Bertz CT molecular complexity index is 589. The minimum Gasteiger partial charge on any atom is -0.305 e.